The van der Waals surface area contributed by atoms with Gasteiger partial charge in [0.1, 0.15) is 5.75 Å². The van der Waals surface area contributed by atoms with Crippen molar-refractivity contribution in [3.63, 3.8) is 0 Å². The molecule has 5 nitrogen and oxygen atoms in total. The van der Waals surface area contributed by atoms with Crippen molar-refractivity contribution >= 4 is 17.6 Å². The molecule has 3 rings (SSSR count). The summed E-state index contributed by atoms with van der Waals surface area (Å²) < 4.78 is 10.6. The van der Waals surface area contributed by atoms with E-state index in [0.29, 0.717) is 11.4 Å². The third kappa shape index (κ3) is 4.08. The molecule has 0 atom stereocenters. The van der Waals surface area contributed by atoms with Crippen molar-refractivity contribution in [3.05, 3.63) is 89.5 Å². The number of rotatable bonds is 4. The van der Waals surface area contributed by atoms with Gasteiger partial charge in [0.05, 0.1) is 16.8 Å². The van der Waals surface area contributed by atoms with Gasteiger partial charge in [-0.1, -0.05) is 35.9 Å². The summed E-state index contributed by atoms with van der Waals surface area (Å²) in [5.74, 6) is -0.452. The molecule has 0 radical (unpaired) electrons. The van der Waals surface area contributed by atoms with Gasteiger partial charge < -0.3 is 15.2 Å². The fraction of sp³-hybridized carbons (Fsp3) is 0.0476. The Morgan fingerprint density at radius 3 is 2.04 bits per heavy atom. The Morgan fingerprint density at radius 1 is 0.769 bits per heavy atom. The van der Waals surface area contributed by atoms with Gasteiger partial charge in [-0.15, -0.1) is 0 Å². The molecule has 0 aliphatic heterocycles. The normalized spacial score (nSPS) is 10.2. The first kappa shape index (κ1) is 17.2. The van der Waals surface area contributed by atoms with Crippen LogP contribution in [0.3, 0.4) is 0 Å². The van der Waals surface area contributed by atoms with E-state index in [0.717, 1.165) is 5.56 Å². The molecular formula is C21H17NO4. The number of benzene rings is 3. The lowest BCUT2D eigenvalue weighted by molar-refractivity contribution is 0.0734. The number of carbonyl (C=O) groups excluding carboxylic acids is 2. The predicted molar refractivity (Wildman–Crippen MR) is 98.4 cm³/mol. The molecule has 0 saturated carbocycles. The zero-order chi connectivity index (χ0) is 18.5. The van der Waals surface area contributed by atoms with Crippen LogP contribution in [0.1, 0.15) is 26.3 Å². The summed E-state index contributed by atoms with van der Waals surface area (Å²) >= 11 is 0. The third-order valence-corrected chi connectivity index (χ3v) is 3.69. The van der Waals surface area contributed by atoms with Crippen molar-refractivity contribution in [2.75, 3.05) is 5.73 Å². The summed E-state index contributed by atoms with van der Waals surface area (Å²) in [6, 6.07) is 20.0. The quantitative estimate of drug-likeness (QED) is 0.438. The molecule has 3 aromatic carbocycles. The van der Waals surface area contributed by atoms with E-state index in [1.165, 1.54) is 6.07 Å². The van der Waals surface area contributed by atoms with Crippen molar-refractivity contribution in [2.45, 2.75) is 6.92 Å². The van der Waals surface area contributed by atoms with Crippen molar-refractivity contribution in [1.82, 2.24) is 0 Å². The van der Waals surface area contributed by atoms with Gasteiger partial charge in [-0.2, -0.15) is 0 Å². The minimum absolute atomic E-state index is 0.228. The molecule has 0 aliphatic rings. The molecule has 2 N–H and O–H groups in total. The first-order valence-electron chi connectivity index (χ1n) is 7.98. The minimum atomic E-state index is -0.604. The van der Waals surface area contributed by atoms with Crippen LogP contribution in [0.15, 0.2) is 72.8 Å². The molecule has 0 heterocycles. The zero-order valence-electron chi connectivity index (χ0n) is 14.1. The largest absolute Gasteiger partial charge is 0.423 e. The SMILES string of the molecule is Cc1ccc(OC(=O)c2cccc(C(=O)Oc3ccccc3N)c2)cc1. The average molecular weight is 347 g/mol. The van der Waals surface area contributed by atoms with E-state index in [9.17, 15) is 9.59 Å². The van der Waals surface area contributed by atoms with Gasteiger partial charge in [-0.3, -0.25) is 0 Å². The van der Waals surface area contributed by atoms with E-state index in [2.05, 4.69) is 0 Å². The Hall–Kier alpha value is -3.60. The lowest BCUT2D eigenvalue weighted by atomic mass is 10.1. The molecule has 0 aliphatic carbocycles. The fourth-order valence-corrected chi connectivity index (χ4v) is 2.28. The highest BCUT2D eigenvalue weighted by molar-refractivity contribution is 5.97. The molecular weight excluding hydrogens is 330 g/mol. The van der Waals surface area contributed by atoms with E-state index in [1.807, 2.05) is 19.1 Å². The van der Waals surface area contributed by atoms with Crippen molar-refractivity contribution < 1.29 is 19.1 Å². The molecule has 130 valence electrons. The van der Waals surface area contributed by atoms with Gasteiger partial charge >= 0.3 is 11.9 Å². The number of aryl methyl sites for hydroxylation is 1. The van der Waals surface area contributed by atoms with Crippen LogP contribution in [0.25, 0.3) is 0 Å². The second-order valence-corrected chi connectivity index (χ2v) is 5.71. The number of carbonyl (C=O) groups is 2. The molecule has 0 fully saturated rings. The topological polar surface area (TPSA) is 78.6 Å². The Balaban J connectivity index is 1.75. The van der Waals surface area contributed by atoms with E-state index in [4.69, 9.17) is 15.2 Å². The molecule has 0 bridgehead atoms. The van der Waals surface area contributed by atoms with Gasteiger partial charge in [0.25, 0.3) is 0 Å². The summed E-state index contributed by atoms with van der Waals surface area (Å²) in [5.41, 5.74) is 7.67. The van der Waals surface area contributed by atoms with Crippen LogP contribution in [-0.2, 0) is 0 Å². The number of ether oxygens (including phenoxy) is 2. The highest BCUT2D eigenvalue weighted by Crippen LogP contribution is 2.21. The highest BCUT2D eigenvalue weighted by Gasteiger charge is 2.14. The van der Waals surface area contributed by atoms with E-state index >= 15 is 0 Å². The number of hydrogen-bond acceptors (Lipinski definition) is 5. The van der Waals surface area contributed by atoms with Crippen LogP contribution in [0.2, 0.25) is 0 Å². The van der Waals surface area contributed by atoms with Crippen LogP contribution in [0.5, 0.6) is 11.5 Å². The van der Waals surface area contributed by atoms with Crippen molar-refractivity contribution in [3.8, 4) is 11.5 Å². The van der Waals surface area contributed by atoms with E-state index in [-0.39, 0.29) is 16.9 Å². The second-order valence-electron chi connectivity index (χ2n) is 5.71. The number of hydrogen-bond donors (Lipinski definition) is 1. The number of anilines is 1. The maximum absolute atomic E-state index is 12.3. The lowest BCUT2D eigenvalue weighted by Gasteiger charge is -2.08. The van der Waals surface area contributed by atoms with Gasteiger partial charge in [0.2, 0.25) is 0 Å². The maximum atomic E-state index is 12.3. The third-order valence-electron chi connectivity index (χ3n) is 3.69. The van der Waals surface area contributed by atoms with Crippen molar-refractivity contribution in [1.29, 1.82) is 0 Å². The van der Waals surface area contributed by atoms with Crippen LogP contribution >= 0.6 is 0 Å². The number of para-hydroxylation sites is 2. The first-order chi connectivity index (χ1) is 12.5. The van der Waals surface area contributed by atoms with Gasteiger partial charge in [0, 0.05) is 0 Å². The zero-order valence-corrected chi connectivity index (χ0v) is 14.1. The molecule has 0 saturated heterocycles. The smallest absolute Gasteiger partial charge is 0.343 e. The molecule has 3 aromatic rings. The van der Waals surface area contributed by atoms with Crippen LogP contribution in [0.4, 0.5) is 5.69 Å². The van der Waals surface area contributed by atoms with Crippen LogP contribution in [0, 0.1) is 6.92 Å². The summed E-state index contributed by atoms with van der Waals surface area (Å²) in [4.78, 5) is 24.6. The van der Waals surface area contributed by atoms with Crippen LogP contribution in [-0.4, -0.2) is 11.9 Å². The molecule has 0 aromatic heterocycles. The first-order valence-corrected chi connectivity index (χ1v) is 7.98. The average Bonchev–Trinajstić information content (AvgIpc) is 2.65. The minimum Gasteiger partial charge on any atom is -0.423 e. The molecule has 26 heavy (non-hydrogen) atoms. The molecule has 0 spiro atoms. The van der Waals surface area contributed by atoms with Crippen LogP contribution < -0.4 is 15.2 Å². The second kappa shape index (κ2) is 7.53. The summed E-state index contributed by atoms with van der Waals surface area (Å²) in [5, 5.41) is 0. The summed E-state index contributed by atoms with van der Waals surface area (Å²) in [6.45, 7) is 1.94. The van der Waals surface area contributed by atoms with E-state index < -0.39 is 11.9 Å². The molecule has 0 amide bonds. The van der Waals surface area contributed by atoms with Crippen molar-refractivity contribution in [2.24, 2.45) is 0 Å². The number of nitrogens with two attached hydrogens (primary N) is 1. The number of nitrogen functional groups attached to an aromatic ring is 1. The summed E-state index contributed by atoms with van der Waals surface area (Å²) in [7, 11) is 0. The van der Waals surface area contributed by atoms with Gasteiger partial charge in [0.15, 0.2) is 5.75 Å². The predicted octanol–water partition coefficient (Wildman–Crippen LogP) is 4.02. The Kier molecular flexibility index (Phi) is 4.99. The monoisotopic (exact) mass is 347 g/mol. The number of esters is 2. The molecule has 0 unspecified atom stereocenters. The Labute approximate surface area is 151 Å². The Bertz CT molecular complexity index is 948. The Morgan fingerprint density at radius 2 is 1.38 bits per heavy atom. The highest BCUT2D eigenvalue weighted by atomic mass is 16.5. The maximum Gasteiger partial charge on any atom is 0.343 e. The lowest BCUT2D eigenvalue weighted by Crippen LogP contribution is -2.13. The standard InChI is InChI=1S/C21H17NO4/c1-14-9-11-17(12-10-14)25-20(23)15-5-4-6-16(13-15)21(24)26-19-8-3-2-7-18(19)22/h2-13H,22H2,1H3. The molecule has 5 heteroatoms. The van der Waals surface area contributed by atoms with Gasteiger partial charge in [-0.25, -0.2) is 9.59 Å². The summed E-state index contributed by atoms with van der Waals surface area (Å²) in [6.07, 6.45) is 0. The van der Waals surface area contributed by atoms with Gasteiger partial charge in [-0.05, 0) is 49.4 Å². The fourth-order valence-electron chi connectivity index (χ4n) is 2.28. The van der Waals surface area contributed by atoms with E-state index in [1.54, 1.807) is 54.6 Å².